The monoisotopic (exact) mass is 360 g/mol. The van der Waals surface area contributed by atoms with Crippen LogP contribution < -0.4 is 10.6 Å². The first-order chi connectivity index (χ1) is 10.6. The van der Waals surface area contributed by atoms with Gasteiger partial charge in [-0.05, 0) is 38.5 Å². The maximum atomic E-state index is 11.9. The van der Waals surface area contributed by atoms with Gasteiger partial charge in [0, 0.05) is 17.5 Å². The summed E-state index contributed by atoms with van der Waals surface area (Å²) in [5.74, 6) is -1.80. The summed E-state index contributed by atoms with van der Waals surface area (Å²) < 4.78 is 0. The molecule has 2 amide bonds. The molecule has 0 aliphatic heterocycles. The van der Waals surface area contributed by atoms with E-state index in [-0.39, 0.29) is 30.0 Å². The molecule has 0 bridgehead atoms. The minimum Gasteiger partial charge on any atom is -0.481 e. The lowest BCUT2D eigenvalue weighted by Gasteiger charge is -2.25. The molecule has 8 heteroatoms. The molecule has 0 atom stereocenters. The van der Waals surface area contributed by atoms with Crippen LogP contribution in [0.3, 0.4) is 0 Å². The van der Waals surface area contributed by atoms with Gasteiger partial charge in [-0.3, -0.25) is 14.4 Å². The van der Waals surface area contributed by atoms with E-state index in [2.05, 4.69) is 10.6 Å². The second kappa shape index (κ2) is 8.17. The van der Waals surface area contributed by atoms with Crippen LogP contribution in [-0.2, 0) is 9.59 Å². The Bertz CT molecular complexity index is 617. The molecule has 0 aliphatic carbocycles. The molecular formula is C15H18Cl2N2O4. The summed E-state index contributed by atoms with van der Waals surface area (Å²) in [6, 6.07) is 4.40. The van der Waals surface area contributed by atoms with Crippen LogP contribution in [0.15, 0.2) is 18.2 Å². The van der Waals surface area contributed by atoms with Crippen molar-refractivity contribution in [2.24, 2.45) is 0 Å². The highest BCUT2D eigenvalue weighted by atomic mass is 35.5. The van der Waals surface area contributed by atoms with E-state index in [0.29, 0.717) is 5.02 Å². The van der Waals surface area contributed by atoms with Crippen LogP contribution in [0, 0.1) is 0 Å². The van der Waals surface area contributed by atoms with Gasteiger partial charge in [0.15, 0.2) is 0 Å². The number of hydrogen-bond acceptors (Lipinski definition) is 3. The molecule has 0 aromatic heterocycles. The highest BCUT2D eigenvalue weighted by Gasteiger charge is 2.21. The van der Waals surface area contributed by atoms with Crippen LogP contribution in [0.1, 0.15) is 37.0 Å². The van der Waals surface area contributed by atoms with Crippen molar-refractivity contribution in [1.82, 2.24) is 10.6 Å². The summed E-state index contributed by atoms with van der Waals surface area (Å²) >= 11 is 11.6. The zero-order valence-corrected chi connectivity index (χ0v) is 14.3. The molecule has 0 spiro atoms. The fourth-order valence-electron chi connectivity index (χ4n) is 1.80. The Morgan fingerprint density at radius 2 is 1.83 bits per heavy atom. The highest BCUT2D eigenvalue weighted by molar-refractivity contribution is 6.42. The van der Waals surface area contributed by atoms with Gasteiger partial charge in [0.2, 0.25) is 5.91 Å². The molecule has 0 fully saturated rings. The average Bonchev–Trinajstić information content (AvgIpc) is 2.45. The maximum Gasteiger partial charge on any atom is 0.303 e. The number of carbonyl (C=O) groups is 3. The van der Waals surface area contributed by atoms with E-state index in [1.54, 1.807) is 13.8 Å². The number of amides is 2. The van der Waals surface area contributed by atoms with E-state index in [1.807, 2.05) is 0 Å². The molecule has 1 aromatic carbocycles. The zero-order chi connectivity index (χ0) is 17.6. The molecule has 126 valence electrons. The molecule has 0 saturated heterocycles. The second-order valence-corrected chi connectivity index (χ2v) is 6.45. The second-order valence-electron chi connectivity index (χ2n) is 5.64. The Hall–Kier alpha value is -1.79. The van der Waals surface area contributed by atoms with Crippen LogP contribution >= 0.6 is 23.2 Å². The third kappa shape index (κ3) is 6.88. The number of carboxylic acid groups (broad SMARTS) is 1. The third-order valence-corrected chi connectivity index (χ3v) is 3.77. The van der Waals surface area contributed by atoms with Crippen molar-refractivity contribution in [2.45, 2.75) is 32.2 Å². The number of nitrogens with one attached hydrogen (secondary N) is 2. The molecule has 1 aromatic rings. The van der Waals surface area contributed by atoms with Crippen molar-refractivity contribution in [3.63, 3.8) is 0 Å². The lowest BCUT2D eigenvalue weighted by atomic mass is 9.98. The predicted octanol–water partition coefficient (Wildman–Crippen LogP) is 2.48. The van der Waals surface area contributed by atoms with E-state index >= 15 is 0 Å². The molecule has 23 heavy (non-hydrogen) atoms. The first kappa shape index (κ1) is 19.3. The molecule has 0 radical (unpaired) electrons. The quantitative estimate of drug-likeness (QED) is 0.695. The van der Waals surface area contributed by atoms with E-state index in [9.17, 15) is 14.4 Å². The van der Waals surface area contributed by atoms with Gasteiger partial charge in [-0.25, -0.2) is 0 Å². The predicted molar refractivity (Wildman–Crippen MR) is 87.9 cm³/mol. The standard InChI is InChI=1S/C15H18Cl2N2O4/c1-15(2,6-5-13(21)22)19-12(20)8-18-14(23)9-3-4-10(16)11(17)7-9/h3-4,7H,5-6,8H2,1-2H3,(H,18,23)(H,19,20)(H,21,22). The van der Waals surface area contributed by atoms with E-state index in [1.165, 1.54) is 18.2 Å². The molecule has 0 aliphatic rings. The number of rotatable bonds is 7. The van der Waals surface area contributed by atoms with Crippen molar-refractivity contribution >= 4 is 41.0 Å². The van der Waals surface area contributed by atoms with E-state index in [4.69, 9.17) is 28.3 Å². The normalized spacial score (nSPS) is 11.0. The Morgan fingerprint density at radius 3 is 2.39 bits per heavy atom. The van der Waals surface area contributed by atoms with Crippen molar-refractivity contribution < 1.29 is 19.5 Å². The molecule has 1 rings (SSSR count). The van der Waals surface area contributed by atoms with Gasteiger partial charge in [-0.2, -0.15) is 0 Å². The minimum atomic E-state index is -0.930. The molecule has 0 heterocycles. The van der Waals surface area contributed by atoms with Crippen LogP contribution in [0.2, 0.25) is 10.0 Å². The lowest BCUT2D eigenvalue weighted by molar-refractivity contribution is -0.137. The summed E-state index contributed by atoms with van der Waals surface area (Å²) in [5, 5.41) is 14.4. The number of aliphatic carboxylic acids is 1. The van der Waals surface area contributed by atoms with Crippen molar-refractivity contribution in [2.75, 3.05) is 6.54 Å². The number of halogens is 2. The number of hydrogen-bond donors (Lipinski definition) is 3. The molecule has 3 N–H and O–H groups in total. The van der Waals surface area contributed by atoms with Crippen molar-refractivity contribution in [3.8, 4) is 0 Å². The van der Waals surface area contributed by atoms with Crippen LogP contribution in [-0.4, -0.2) is 35.0 Å². The van der Waals surface area contributed by atoms with Gasteiger partial charge in [0.25, 0.3) is 5.91 Å². The SMILES string of the molecule is CC(C)(CCC(=O)O)NC(=O)CNC(=O)c1ccc(Cl)c(Cl)c1. The van der Waals surface area contributed by atoms with Gasteiger partial charge in [-0.15, -0.1) is 0 Å². The van der Waals surface area contributed by atoms with Gasteiger partial charge >= 0.3 is 5.97 Å². The third-order valence-electron chi connectivity index (χ3n) is 3.03. The Labute approximate surface area is 144 Å². The summed E-state index contributed by atoms with van der Waals surface area (Å²) in [5.41, 5.74) is -0.388. The first-order valence-corrected chi connectivity index (χ1v) is 7.62. The number of carboxylic acids is 1. The molecule has 0 saturated carbocycles. The smallest absolute Gasteiger partial charge is 0.303 e. The van der Waals surface area contributed by atoms with Crippen LogP contribution in [0.4, 0.5) is 0 Å². The largest absolute Gasteiger partial charge is 0.481 e. The topological polar surface area (TPSA) is 95.5 Å². The molecular weight excluding hydrogens is 343 g/mol. The molecule has 6 nitrogen and oxygen atoms in total. The summed E-state index contributed by atoms with van der Waals surface area (Å²) in [4.78, 5) is 34.3. The van der Waals surface area contributed by atoms with E-state index in [0.717, 1.165) is 0 Å². The fraction of sp³-hybridized carbons (Fsp3) is 0.400. The van der Waals surface area contributed by atoms with Gasteiger partial charge in [0.05, 0.1) is 16.6 Å². The lowest BCUT2D eigenvalue weighted by Crippen LogP contribution is -2.47. The summed E-state index contributed by atoms with van der Waals surface area (Å²) in [6.07, 6.45) is 0.234. The first-order valence-electron chi connectivity index (χ1n) is 6.87. The Balaban J connectivity index is 2.50. The zero-order valence-electron chi connectivity index (χ0n) is 12.8. The van der Waals surface area contributed by atoms with Gasteiger partial charge < -0.3 is 15.7 Å². The average molecular weight is 361 g/mol. The maximum absolute atomic E-state index is 11.9. The fourth-order valence-corrected chi connectivity index (χ4v) is 2.10. The van der Waals surface area contributed by atoms with Crippen LogP contribution in [0.5, 0.6) is 0 Å². The van der Waals surface area contributed by atoms with Gasteiger partial charge in [0.1, 0.15) is 0 Å². The van der Waals surface area contributed by atoms with Crippen molar-refractivity contribution in [3.05, 3.63) is 33.8 Å². The van der Waals surface area contributed by atoms with E-state index < -0.39 is 23.3 Å². The summed E-state index contributed by atoms with van der Waals surface area (Å²) in [7, 11) is 0. The minimum absolute atomic E-state index is 0.0527. The summed E-state index contributed by atoms with van der Waals surface area (Å²) in [6.45, 7) is 3.21. The Kier molecular flexibility index (Phi) is 6.84. The Morgan fingerprint density at radius 1 is 1.17 bits per heavy atom. The van der Waals surface area contributed by atoms with Gasteiger partial charge in [-0.1, -0.05) is 23.2 Å². The number of benzene rings is 1. The van der Waals surface area contributed by atoms with Crippen LogP contribution in [0.25, 0.3) is 0 Å². The highest BCUT2D eigenvalue weighted by Crippen LogP contribution is 2.22. The number of carbonyl (C=O) groups excluding carboxylic acids is 2. The molecule has 0 unspecified atom stereocenters. The van der Waals surface area contributed by atoms with Crippen molar-refractivity contribution in [1.29, 1.82) is 0 Å².